The van der Waals surface area contributed by atoms with Crippen molar-refractivity contribution >= 4 is 35.6 Å². The maximum Gasteiger partial charge on any atom is 0.236 e. The van der Waals surface area contributed by atoms with E-state index in [1.807, 2.05) is 25.1 Å². The Kier molecular flexibility index (Phi) is 9.44. The zero-order valence-corrected chi connectivity index (χ0v) is 15.8. The zero-order chi connectivity index (χ0) is 16.7. The molecule has 24 heavy (non-hydrogen) atoms. The van der Waals surface area contributed by atoms with Crippen molar-refractivity contribution in [2.45, 2.75) is 25.8 Å². The largest absolute Gasteiger partial charge is 0.369 e. The highest BCUT2D eigenvalue weighted by Gasteiger charge is 2.18. The first-order valence-corrected chi connectivity index (χ1v) is 8.74. The molecule has 0 aliphatic carbocycles. The maximum absolute atomic E-state index is 11.8. The van der Waals surface area contributed by atoms with Crippen LogP contribution >= 0.6 is 24.0 Å². The minimum atomic E-state index is -0.375. The normalized spacial score (nSPS) is 16.4. The van der Waals surface area contributed by atoms with Crippen LogP contribution in [0.4, 0.5) is 5.69 Å². The second-order valence-corrected chi connectivity index (χ2v) is 6.43. The minimum Gasteiger partial charge on any atom is -0.369 e. The van der Waals surface area contributed by atoms with Crippen LogP contribution < -0.4 is 16.0 Å². The molecule has 1 atom stereocenters. The molecule has 1 heterocycles. The molecule has 0 aromatic heterocycles. The number of nitrogens with two attached hydrogens (primary N) is 1. The van der Waals surface area contributed by atoms with Gasteiger partial charge in [0.05, 0.1) is 6.04 Å². The number of piperazine rings is 1. The first-order chi connectivity index (χ1) is 11.1. The van der Waals surface area contributed by atoms with Crippen LogP contribution in [0.2, 0.25) is 5.02 Å². The van der Waals surface area contributed by atoms with E-state index >= 15 is 0 Å². The van der Waals surface area contributed by atoms with Gasteiger partial charge in [-0.1, -0.05) is 31.0 Å². The Balaban J connectivity index is 0.00000288. The van der Waals surface area contributed by atoms with Crippen molar-refractivity contribution in [2.24, 2.45) is 5.73 Å². The van der Waals surface area contributed by atoms with E-state index in [0.29, 0.717) is 6.54 Å². The van der Waals surface area contributed by atoms with Crippen LogP contribution in [-0.2, 0) is 4.79 Å². The molecule has 1 aliphatic heterocycles. The molecular weight excluding hydrogens is 347 g/mol. The van der Waals surface area contributed by atoms with Crippen LogP contribution in [0.15, 0.2) is 24.3 Å². The van der Waals surface area contributed by atoms with Gasteiger partial charge in [-0.15, -0.1) is 12.4 Å². The molecule has 0 bridgehead atoms. The van der Waals surface area contributed by atoms with Crippen LogP contribution in [-0.4, -0.2) is 56.1 Å². The molecule has 136 valence electrons. The number of nitrogens with one attached hydrogen (secondary N) is 1. The fourth-order valence-corrected chi connectivity index (χ4v) is 3.00. The SMILES string of the molecule is CCCC(N)C(=O)NCCN1CCN(c2cccc(Cl)c2)CC1.Cl. The number of halogens is 2. The van der Waals surface area contributed by atoms with Gasteiger partial charge in [0.1, 0.15) is 0 Å². The fraction of sp³-hybridized carbons (Fsp3) is 0.588. The van der Waals surface area contributed by atoms with Crippen molar-refractivity contribution in [1.29, 1.82) is 0 Å². The number of nitrogens with zero attached hydrogens (tertiary/aromatic N) is 2. The molecule has 1 saturated heterocycles. The van der Waals surface area contributed by atoms with Gasteiger partial charge < -0.3 is 16.0 Å². The van der Waals surface area contributed by atoms with Crippen molar-refractivity contribution in [1.82, 2.24) is 10.2 Å². The molecule has 7 heteroatoms. The van der Waals surface area contributed by atoms with Gasteiger partial charge in [0.2, 0.25) is 5.91 Å². The van der Waals surface area contributed by atoms with Gasteiger partial charge in [0.15, 0.2) is 0 Å². The monoisotopic (exact) mass is 374 g/mol. The van der Waals surface area contributed by atoms with Gasteiger partial charge in [-0.3, -0.25) is 9.69 Å². The lowest BCUT2D eigenvalue weighted by Crippen LogP contribution is -2.49. The zero-order valence-electron chi connectivity index (χ0n) is 14.2. The van der Waals surface area contributed by atoms with Gasteiger partial charge in [0.25, 0.3) is 0 Å². The number of anilines is 1. The van der Waals surface area contributed by atoms with E-state index in [1.165, 1.54) is 5.69 Å². The van der Waals surface area contributed by atoms with Crippen molar-refractivity contribution in [3.8, 4) is 0 Å². The summed E-state index contributed by atoms with van der Waals surface area (Å²) in [5, 5.41) is 3.70. The Morgan fingerprint density at radius 1 is 1.33 bits per heavy atom. The van der Waals surface area contributed by atoms with Crippen molar-refractivity contribution in [2.75, 3.05) is 44.2 Å². The highest BCUT2D eigenvalue weighted by Crippen LogP contribution is 2.20. The molecular formula is C17H28Cl2N4O. The topological polar surface area (TPSA) is 61.6 Å². The highest BCUT2D eigenvalue weighted by atomic mass is 35.5. The van der Waals surface area contributed by atoms with Crippen molar-refractivity contribution in [3.63, 3.8) is 0 Å². The van der Waals surface area contributed by atoms with E-state index < -0.39 is 0 Å². The summed E-state index contributed by atoms with van der Waals surface area (Å²) in [6.07, 6.45) is 1.67. The number of amides is 1. The van der Waals surface area contributed by atoms with E-state index in [-0.39, 0.29) is 24.4 Å². The predicted octanol–water partition coefficient (Wildman–Crippen LogP) is 2.13. The summed E-state index contributed by atoms with van der Waals surface area (Å²) in [6, 6.07) is 7.61. The van der Waals surface area contributed by atoms with Crippen LogP contribution in [0.1, 0.15) is 19.8 Å². The minimum absolute atomic E-state index is 0. The lowest BCUT2D eigenvalue weighted by atomic mass is 10.2. The third-order valence-corrected chi connectivity index (χ3v) is 4.44. The quantitative estimate of drug-likeness (QED) is 0.767. The summed E-state index contributed by atoms with van der Waals surface area (Å²) < 4.78 is 0. The summed E-state index contributed by atoms with van der Waals surface area (Å²) >= 11 is 6.05. The van der Waals surface area contributed by atoms with Crippen LogP contribution in [0.3, 0.4) is 0 Å². The molecule has 1 fully saturated rings. The average Bonchev–Trinajstić information content (AvgIpc) is 2.55. The Morgan fingerprint density at radius 2 is 2.04 bits per heavy atom. The molecule has 1 amide bonds. The summed E-state index contributed by atoms with van der Waals surface area (Å²) in [5.74, 6) is -0.0376. The Labute approximate surface area is 155 Å². The number of carbonyl (C=O) groups excluding carboxylic acids is 1. The summed E-state index contributed by atoms with van der Waals surface area (Å²) in [6.45, 7) is 7.49. The second kappa shape index (κ2) is 10.8. The third-order valence-electron chi connectivity index (χ3n) is 4.21. The van der Waals surface area contributed by atoms with E-state index in [9.17, 15) is 4.79 Å². The van der Waals surface area contributed by atoms with E-state index in [4.69, 9.17) is 17.3 Å². The molecule has 0 spiro atoms. The lowest BCUT2D eigenvalue weighted by Gasteiger charge is -2.36. The summed E-state index contributed by atoms with van der Waals surface area (Å²) in [7, 11) is 0. The molecule has 5 nitrogen and oxygen atoms in total. The van der Waals surface area contributed by atoms with Gasteiger partial charge in [0, 0.05) is 50.0 Å². The average molecular weight is 375 g/mol. The summed E-state index contributed by atoms with van der Waals surface area (Å²) in [5.41, 5.74) is 6.98. The van der Waals surface area contributed by atoms with E-state index in [0.717, 1.165) is 50.6 Å². The lowest BCUT2D eigenvalue weighted by molar-refractivity contribution is -0.122. The van der Waals surface area contributed by atoms with Crippen LogP contribution in [0.25, 0.3) is 0 Å². The first-order valence-electron chi connectivity index (χ1n) is 8.36. The highest BCUT2D eigenvalue weighted by molar-refractivity contribution is 6.30. The number of hydrogen-bond acceptors (Lipinski definition) is 4. The van der Waals surface area contributed by atoms with Gasteiger partial charge in [-0.05, 0) is 24.6 Å². The van der Waals surface area contributed by atoms with Gasteiger partial charge in [-0.2, -0.15) is 0 Å². The molecule has 0 saturated carbocycles. The molecule has 1 unspecified atom stereocenters. The van der Waals surface area contributed by atoms with Crippen molar-refractivity contribution in [3.05, 3.63) is 29.3 Å². The second-order valence-electron chi connectivity index (χ2n) is 5.99. The molecule has 2 rings (SSSR count). The van der Waals surface area contributed by atoms with Gasteiger partial charge >= 0.3 is 0 Å². The third kappa shape index (κ3) is 6.48. The Morgan fingerprint density at radius 3 is 2.67 bits per heavy atom. The van der Waals surface area contributed by atoms with E-state index in [2.05, 4.69) is 21.2 Å². The number of hydrogen-bond donors (Lipinski definition) is 2. The molecule has 1 aromatic carbocycles. The van der Waals surface area contributed by atoms with E-state index in [1.54, 1.807) is 0 Å². The molecule has 1 aromatic rings. The van der Waals surface area contributed by atoms with Gasteiger partial charge in [-0.25, -0.2) is 0 Å². The number of rotatable bonds is 7. The predicted molar refractivity (Wildman–Crippen MR) is 103 cm³/mol. The summed E-state index contributed by atoms with van der Waals surface area (Å²) in [4.78, 5) is 16.5. The van der Waals surface area contributed by atoms with Crippen LogP contribution in [0.5, 0.6) is 0 Å². The smallest absolute Gasteiger partial charge is 0.236 e. The Hall–Kier alpha value is -1.01. The van der Waals surface area contributed by atoms with Crippen molar-refractivity contribution < 1.29 is 4.79 Å². The molecule has 0 radical (unpaired) electrons. The number of benzene rings is 1. The Bertz CT molecular complexity index is 507. The molecule has 1 aliphatic rings. The van der Waals surface area contributed by atoms with Crippen LogP contribution in [0, 0.1) is 0 Å². The maximum atomic E-state index is 11.8. The molecule has 3 N–H and O–H groups in total. The first kappa shape index (κ1) is 21.0. The fourth-order valence-electron chi connectivity index (χ4n) is 2.81. The standard InChI is InChI=1S/C17H27ClN4O.ClH/c1-2-4-16(19)17(23)20-7-8-21-9-11-22(12-10-21)15-6-3-5-14(18)13-15;/h3,5-6,13,16H,2,4,7-12,19H2,1H3,(H,20,23);1H. The number of carbonyl (C=O) groups is 1.